The molecule has 2 rings (SSSR count). The Morgan fingerprint density at radius 3 is 2.94 bits per heavy atom. The van der Waals surface area contributed by atoms with Crippen molar-refractivity contribution in [2.75, 3.05) is 6.61 Å². The third kappa shape index (κ3) is 1.86. The van der Waals surface area contributed by atoms with Crippen LogP contribution in [-0.4, -0.2) is 12.6 Å². The Bertz CT molecular complexity index is 421. The van der Waals surface area contributed by atoms with Crippen LogP contribution in [0.15, 0.2) is 28.7 Å². The maximum absolute atomic E-state index is 14.4. The van der Waals surface area contributed by atoms with Crippen LogP contribution in [0.3, 0.4) is 0 Å². The van der Waals surface area contributed by atoms with E-state index in [2.05, 4.69) is 15.9 Å². The van der Waals surface area contributed by atoms with E-state index < -0.39 is 17.6 Å². The van der Waals surface area contributed by atoms with Gasteiger partial charge in [-0.05, 0) is 13.0 Å². The van der Waals surface area contributed by atoms with Crippen LogP contribution in [0.4, 0.5) is 4.39 Å². The summed E-state index contributed by atoms with van der Waals surface area (Å²) >= 11 is 3.30. The highest BCUT2D eigenvalue weighted by Crippen LogP contribution is 2.57. The molecule has 1 aliphatic rings. The lowest BCUT2D eigenvalue weighted by molar-refractivity contribution is -0.145. The predicted octanol–water partition coefficient (Wildman–Crippen LogP) is 3.20. The van der Waals surface area contributed by atoms with Crippen molar-refractivity contribution in [3.05, 3.63) is 34.3 Å². The largest absolute Gasteiger partial charge is 0.466 e. The van der Waals surface area contributed by atoms with Gasteiger partial charge < -0.3 is 4.74 Å². The number of alkyl halides is 1. The summed E-state index contributed by atoms with van der Waals surface area (Å²) in [4.78, 5) is 11.4. The summed E-state index contributed by atoms with van der Waals surface area (Å²) in [5, 5.41) is 0. The number of carbonyl (C=O) groups excluding carboxylic acids is 1. The quantitative estimate of drug-likeness (QED) is 0.798. The molecule has 1 aromatic rings. The lowest BCUT2D eigenvalue weighted by atomic mass is 10.1. The Hall–Kier alpha value is -0.900. The van der Waals surface area contributed by atoms with Gasteiger partial charge in [0, 0.05) is 16.5 Å². The molecule has 0 heterocycles. The molecule has 16 heavy (non-hydrogen) atoms. The zero-order valence-corrected chi connectivity index (χ0v) is 10.5. The highest BCUT2D eigenvalue weighted by molar-refractivity contribution is 9.10. The fraction of sp³-hybridized carbons (Fsp3) is 0.417. The normalized spacial score (nSPS) is 27.6. The molecule has 1 aromatic carbocycles. The van der Waals surface area contributed by atoms with Gasteiger partial charge in [0.15, 0.2) is 5.67 Å². The maximum atomic E-state index is 14.4. The van der Waals surface area contributed by atoms with Gasteiger partial charge in [-0.1, -0.05) is 34.1 Å². The minimum absolute atomic E-state index is 0.217. The van der Waals surface area contributed by atoms with E-state index in [0.717, 1.165) is 0 Å². The molecule has 0 unspecified atom stereocenters. The smallest absolute Gasteiger partial charge is 0.312 e. The molecular weight excluding hydrogens is 275 g/mol. The molecule has 1 saturated carbocycles. The van der Waals surface area contributed by atoms with Crippen LogP contribution in [0.25, 0.3) is 0 Å². The van der Waals surface area contributed by atoms with Crippen LogP contribution < -0.4 is 0 Å². The summed E-state index contributed by atoms with van der Waals surface area (Å²) in [5.74, 6) is -1.09. The minimum atomic E-state index is -1.55. The first-order valence-corrected chi connectivity index (χ1v) is 5.99. The number of halogens is 2. The Kier molecular flexibility index (Phi) is 3.02. The van der Waals surface area contributed by atoms with Crippen molar-refractivity contribution in [1.82, 2.24) is 0 Å². The molecule has 0 spiro atoms. The Labute approximate surface area is 102 Å². The van der Waals surface area contributed by atoms with Crippen LogP contribution in [0.2, 0.25) is 0 Å². The van der Waals surface area contributed by atoms with Gasteiger partial charge >= 0.3 is 5.97 Å². The molecule has 2 nitrogen and oxygen atoms in total. The van der Waals surface area contributed by atoms with Crippen LogP contribution in [0, 0.1) is 5.92 Å². The van der Waals surface area contributed by atoms with Gasteiger partial charge in [-0.15, -0.1) is 0 Å². The fourth-order valence-corrected chi connectivity index (χ4v) is 2.46. The molecule has 4 heteroatoms. The molecular formula is C12H12BrFO2. The third-order valence-corrected chi connectivity index (χ3v) is 3.48. The van der Waals surface area contributed by atoms with E-state index >= 15 is 0 Å². The van der Waals surface area contributed by atoms with Gasteiger partial charge in [-0.2, -0.15) is 0 Å². The van der Waals surface area contributed by atoms with E-state index in [0.29, 0.717) is 16.6 Å². The summed E-state index contributed by atoms with van der Waals surface area (Å²) in [7, 11) is 0. The highest BCUT2D eigenvalue weighted by atomic mass is 79.9. The van der Waals surface area contributed by atoms with Crippen molar-refractivity contribution in [2.45, 2.75) is 19.0 Å². The molecule has 1 aliphatic carbocycles. The number of hydrogen-bond acceptors (Lipinski definition) is 2. The van der Waals surface area contributed by atoms with Crippen molar-refractivity contribution in [3.63, 3.8) is 0 Å². The Balaban J connectivity index is 2.19. The fourth-order valence-electron chi connectivity index (χ4n) is 1.85. The van der Waals surface area contributed by atoms with Crippen molar-refractivity contribution in [1.29, 1.82) is 0 Å². The highest BCUT2D eigenvalue weighted by Gasteiger charge is 2.62. The first-order valence-electron chi connectivity index (χ1n) is 5.20. The minimum Gasteiger partial charge on any atom is -0.466 e. The first kappa shape index (κ1) is 11.6. The second kappa shape index (κ2) is 4.17. The van der Waals surface area contributed by atoms with Crippen LogP contribution >= 0.6 is 15.9 Å². The molecule has 2 atom stereocenters. The number of carbonyl (C=O) groups is 1. The monoisotopic (exact) mass is 286 g/mol. The molecule has 0 radical (unpaired) electrons. The number of esters is 1. The van der Waals surface area contributed by atoms with Gasteiger partial charge in [0.2, 0.25) is 0 Å². The zero-order chi connectivity index (χ0) is 11.8. The lowest BCUT2D eigenvalue weighted by Gasteiger charge is -2.09. The molecule has 1 fully saturated rings. The van der Waals surface area contributed by atoms with E-state index in [1.807, 2.05) is 6.07 Å². The zero-order valence-electron chi connectivity index (χ0n) is 8.87. The maximum Gasteiger partial charge on any atom is 0.312 e. The van der Waals surface area contributed by atoms with Crippen LogP contribution in [0.5, 0.6) is 0 Å². The molecule has 0 aliphatic heterocycles. The van der Waals surface area contributed by atoms with Gasteiger partial charge in [0.1, 0.15) is 0 Å². The van der Waals surface area contributed by atoms with Gasteiger partial charge in [0.05, 0.1) is 12.5 Å². The summed E-state index contributed by atoms with van der Waals surface area (Å²) in [6.07, 6.45) is 0.217. The van der Waals surface area contributed by atoms with Crippen molar-refractivity contribution < 1.29 is 13.9 Å². The van der Waals surface area contributed by atoms with Crippen LogP contribution in [-0.2, 0) is 15.2 Å². The van der Waals surface area contributed by atoms with Gasteiger partial charge in [-0.25, -0.2) is 4.39 Å². The molecule has 86 valence electrons. The topological polar surface area (TPSA) is 26.3 Å². The summed E-state index contributed by atoms with van der Waals surface area (Å²) in [6, 6.07) is 7.06. The Morgan fingerprint density at radius 1 is 1.62 bits per heavy atom. The number of rotatable bonds is 3. The number of hydrogen-bond donors (Lipinski definition) is 0. The van der Waals surface area contributed by atoms with Crippen LogP contribution in [0.1, 0.15) is 18.9 Å². The van der Waals surface area contributed by atoms with Gasteiger partial charge in [-0.3, -0.25) is 4.79 Å². The van der Waals surface area contributed by atoms with Crippen molar-refractivity contribution >= 4 is 21.9 Å². The van der Waals surface area contributed by atoms with Gasteiger partial charge in [0.25, 0.3) is 0 Å². The van der Waals surface area contributed by atoms with E-state index in [-0.39, 0.29) is 6.42 Å². The number of ether oxygens (including phenoxy) is 1. The standard InChI is InChI=1S/C12H12BrFO2/c1-2-16-11(15)9-7-12(9,14)8-5-3-4-6-10(8)13/h3-6,9H,2,7H2,1H3/t9-,12+/m1/s1. The summed E-state index contributed by atoms with van der Waals surface area (Å²) in [6.45, 7) is 2.01. The molecule has 0 saturated heterocycles. The van der Waals surface area contributed by atoms with Crippen molar-refractivity contribution in [2.24, 2.45) is 5.92 Å². The summed E-state index contributed by atoms with van der Waals surface area (Å²) in [5.41, 5.74) is -1.01. The average Bonchev–Trinajstić information content (AvgIpc) is 2.93. The average molecular weight is 287 g/mol. The van der Waals surface area contributed by atoms with E-state index in [1.54, 1.807) is 25.1 Å². The van der Waals surface area contributed by atoms with Crippen molar-refractivity contribution in [3.8, 4) is 0 Å². The second-order valence-corrected chi connectivity index (χ2v) is 4.71. The third-order valence-electron chi connectivity index (χ3n) is 2.79. The first-order chi connectivity index (χ1) is 7.59. The molecule has 0 bridgehead atoms. The molecule has 0 aromatic heterocycles. The number of benzene rings is 1. The van der Waals surface area contributed by atoms with E-state index in [1.165, 1.54) is 0 Å². The predicted molar refractivity (Wildman–Crippen MR) is 61.7 cm³/mol. The van der Waals surface area contributed by atoms with E-state index in [9.17, 15) is 9.18 Å². The SMILES string of the molecule is CCOC(=O)[C@H]1C[C@]1(F)c1ccccc1Br. The van der Waals surface area contributed by atoms with E-state index in [4.69, 9.17) is 4.74 Å². The Morgan fingerprint density at radius 2 is 2.31 bits per heavy atom. The second-order valence-electron chi connectivity index (χ2n) is 3.85. The molecule has 0 N–H and O–H groups in total. The summed E-state index contributed by atoms with van der Waals surface area (Å²) < 4.78 is 19.9. The molecule has 0 amide bonds. The lowest BCUT2D eigenvalue weighted by Crippen LogP contribution is -2.14.